The molecule has 1 saturated carbocycles. The highest BCUT2D eigenvalue weighted by atomic mass is 16.5. The quantitative estimate of drug-likeness (QED) is 0.853. The number of pyridine rings is 1. The summed E-state index contributed by atoms with van der Waals surface area (Å²) in [6, 6.07) is 2.13. The molecule has 0 amide bonds. The Hall–Kier alpha value is -1.09. The Bertz CT molecular complexity index is 411. The number of hydrogen-bond donors (Lipinski definition) is 1. The van der Waals surface area contributed by atoms with Gasteiger partial charge < -0.3 is 10.1 Å². The van der Waals surface area contributed by atoms with Crippen LogP contribution in [0.25, 0.3) is 0 Å². The molecule has 0 bridgehead atoms. The molecule has 1 N–H and O–H groups in total. The highest BCUT2D eigenvalue weighted by Gasteiger charge is 2.17. The van der Waals surface area contributed by atoms with Gasteiger partial charge in [-0.1, -0.05) is 19.8 Å². The standard InChI is InChI=1S/C16H26N2O/c1-4-17-10-15-12(2)9-13(3)18-16(15)19-11-14-7-5-6-8-14/h9,14,17H,4-8,10-11H2,1-3H3. The molecule has 1 aliphatic rings. The first-order valence-corrected chi connectivity index (χ1v) is 7.51. The minimum Gasteiger partial charge on any atom is -0.477 e. The lowest BCUT2D eigenvalue weighted by Crippen LogP contribution is -2.17. The van der Waals surface area contributed by atoms with Crippen molar-refractivity contribution in [1.29, 1.82) is 0 Å². The molecule has 0 atom stereocenters. The molecular formula is C16H26N2O. The number of ether oxygens (including phenoxy) is 1. The molecule has 2 rings (SSSR count). The Kier molecular flexibility index (Phi) is 5.20. The summed E-state index contributed by atoms with van der Waals surface area (Å²) >= 11 is 0. The molecule has 1 aromatic rings. The van der Waals surface area contributed by atoms with E-state index in [0.29, 0.717) is 0 Å². The minimum absolute atomic E-state index is 0.731. The predicted molar refractivity (Wildman–Crippen MR) is 78.5 cm³/mol. The Balaban J connectivity index is 2.07. The van der Waals surface area contributed by atoms with E-state index in [1.165, 1.54) is 36.8 Å². The Morgan fingerprint density at radius 3 is 2.74 bits per heavy atom. The first-order chi connectivity index (χ1) is 9.20. The third-order valence-electron chi connectivity index (χ3n) is 3.92. The topological polar surface area (TPSA) is 34.2 Å². The molecule has 0 spiro atoms. The molecule has 19 heavy (non-hydrogen) atoms. The summed E-state index contributed by atoms with van der Waals surface area (Å²) in [5.41, 5.74) is 3.53. The van der Waals surface area contributed by atoms with Gasteiger partial charge >= 0.3 is 0 Å². The molecule has 1 fully saturated rings. The second-order valence-electron chi connectivity index (χ2n) is 5.61. The lowest BCUT2D eigenvalue weighted by molar-refractivity contribution is 0.240. The van der Waals surface area contributed by atoms with Gasteiger partial charge in [-0.05, 0) is 50.8 Å². The maximum atomic E-state index is 6.03. The van der Waals surface area contributed by atoms with Crippen LogP contribution < -0.4 is 10.1 Å². The lowest BCUT2D eigenvalue weighted by Gasteiger charge is -2.16. The van der Waals surface area contributed by atoms with Crippen LogP contribution in [0, 0.1) is 19.8 Å². The monoisotopic (exact) mass is 262 g/mol. The molecule has 0 unspecified atom stereocenters. The molecule has 0 radical (unpaired) electrons. The summed E-state index contributed by atoms with van der Waals surface area (Å²) in [4.78, 5) is 4.59. The molecule has 1 aromatic heterocycles. The van der Waals surface area contributed by atoms with Crippen LogP contribution in [0.4, 0.5) is 0 Å². The smallest absolute Gasteiger partial charge is 0.218 e. The minimum atomic E-state index is 0.731. The highest BCUT2D eigenvalue weighted by molar-refractivity contribution is 5.35. The summed E-state index contributed by atoms with van der Waals surface area (Å²) in [6.07, 6.45) is 5.35. The number of aromatic nitrogens is 1. The van der Waals surface area contributed by atoms with Gasteiger partial charge in [0.1, 0.15) is 0 Å². The summed E-state index contributed by atoms with van der Waals surface area (Å²) < 4.78 is 6.03. The van der Waals surface area contributed by atoms with Gasteiger partial charge in [0.25, 0.3) is 0 Å². The molecule has 106 valence electrons. The van der Waals surface area contributed by atoms with Crippen LogP contribution in [-0.4, -0.2) is 18.1 Å². The number of aryl methyl sites for hydroxylation is 2. The van der Waals surface area contributed by atoms with Crippen molar-refractivity contribution in [2.24, 2.45) is 5.92 Å². The fourth-order valence-electron chi connectivity index (χ4n) is 2.79. The Morgan fingerprint density at radius 1 is 1.32 bits per heavy atom. The third kappa shape index (κ3) is 3.93. The fourth-order valence-corrected chi connectivity index (χ4v) is 2.79. The lowest BCUT2D eigenvalue weighted by atomic mass is 10.1. The van der Waals surface area contributed by atoms with Crippen molar-refractivity contribution in [2.75, 3.05) is 13.2 Å². The van der Waals surface area contributed by atoms with Crippen LogP contribution in [0.15, 0.2) is 6.07 Å². The van der Waals surface area contributed by atoms with Gasteiger partial charge in [0.2, 0.25) is 5.88 Å². The van der Waals surface area contributed by atoms with Crippen molar-refractivity contribution in [3.8, 4) is 5.88 Å². The van der Waals surface area contributed by atoms with Gasteiger partial charge in [-0.2, -0.15) is 0 Å². The summed E-state index contributed by atoms with van der Waals surface area (Å²) in [5.74, 6) is 1.57. The molecule has 0 aliphatic heterocycles. The molecule has 3 nitrogen and oxygen atoms in total. The maximum absolute atomic E-state index is 6.03. The third-order valence-corrected chi connectivity index (χ3v) is 3.92. The zero-order valence-electron chi connectivity index (χ0n) is 12.5. The van der Waals surface area contributed by atoms with Crippen molar-refractivity contribution in [3.63, 3.8) is 0 Å². The van der Waals surface area contributed by atoms with Gasteiger partial charge in [-0.3, -0.25) is 0 Å². The molecule has 0 aromatic carbocycles. The zero-order chi connectivity index (χ0) is 13.7. The van der Waals surface area contributed by atoms with E-state index in [0.717, 1.165) is 37.2 Å². The maximum Gasteiger partial charge on any atom is 0.218 e. The van der Waals surface area contributed by atoms with E-state index in [1.807, 2.05) is 6.92 Å². The van der Waals surface area contributed by atoms with Gasteiger partial charge in [0.15, 0.2) is 0 Å². The number of nitrogens with zero attached hydrogens (tertiary/aromatic N) is 1. The van der Waals surface area contributed by atoms with Gasteiger partial charge in [0.05, 0.1) is 6.61 Å². The van der Waals surface area contributed by atoms with Crippen molar-refractivity contribution in [2.45, 2.75) is 53.0 Å². The number of rotatable bonds is 6. The largest absolute Gasteiger partial charge is 0.477 e. The van der Waals surface area contributed by atoms with E-state index in [-0.39, 0.29) is 0 Å². The molecule has 0 saturated heterocycles. The van der Waals surface area contributed by atoms with E-state index < -0.39 is 0 Å². The van der Waals surface area contributed by atoms with Crippen LogP contribution in [-0.2, 0) is 6.54 Å². The van der Waals surface area contributed by atoms with E-state index in [4.69, 9.17) is 4.74 Å². The van der Waals surface area contributed by atoms with Crippen molar-refractivity contribution >= 4 is 0 Å². The molecular weight excluding hydrogens is 236 g/mol. The average Bonchev–Trinajstić information content (AvgIpc) is 2.88. The van der Waals surface area contributed by atoms with Crippen LogP contribution in [0.5, 0.6) is 5.88 Å². The van der Waals surface area contributed by atoms with Crippen LogP contribution in [0.1, 0.15) is 49.4 Å². The highest BCUT2D eigenvalue weighted by Crippen LogP contribution is 2.27. The van der Waals surface area contributed by atoms with E-state index >= 15 is 0 Å². The SMILES string of the molecule is CCNCc1c(C)cc(C)nc1OCC1CCCC1. The fraction of sp³-hybridized carbons (Fsp3) is 0.688. The normalized spacial score (nSPS) is 15.9. The second kappa shape index (κ2) is 6.90. The van der Waals surface area contributed by atoms with Gasteiger partial charge in [-0.15, -0.1) is 0 Å². The van der Waals surface area contributed by atoms with Gasteiger partial charge in [0, 0.05) is 17.8 Å². The second-order valence-corrected chi connectivity index (χ2v) is 5.61. The summed E-state index contributed by atoms with van der Waals surface area (Å²) in [5, 5.41) is 3.37. The van der Waals surface area contributed by atoms with Crippen LogP contribution in [0.3, 0.4) is 0 Å². The molecule has 1 aliphatic carbocycles. The molecule has 3 heteroatoms. The van der Waals surface area contributed by atoms with Crippen molar-refractivity contribution in [1.82, 2.24) is 10.3 Å². The Labute approximate surface area is 116 Å². The average molecular weight is 262 g/mol. The number of nitrogens with one attached hydrogen (secondary N) is 1. The number of hydrogen-bond acceptors (Lipinski definition) is 3. The van der Waals surface area contributed by atoms with Crippen molar-refractivity contribution in [3.05, 3.63) is 22.9 Å². The zero-order valence-corrected chi connectivity index (χ0v) is 12.5. The Morgan fingerprint density at radius 2 is 2.05 bits per heavy atom. The van der Waals surface area contributed by atoms with Gasteiger partial charge in [-0.25, -0.2) is 4.98 Å². The van der Waals surface area contributed by atoms with Crippen LogP contribution in [0.2, 0.25) is 0 Å². The van der Waals surface area contributed by atoms with E-state index in [9.17, 15) is 0 Å². The summed E-state index contributed by atoms with van der Waals surface area (Å²) in [7, 11) is 0. The van der Waals surface area contributed by atoms with Crippen LogP contribution >= 0.6 is 0 Å². The van der Waals surface area contributed by atoms with E-state index in [1.54, 1.807) is 0 Å². The molecule has 1 heterocycles. The summed E-state index contributed by atoms with van der Waals surface area (Å²) in [6.45, 7) is 8.94. The van der Waals surface area contributed by atoms with E-state index in [2.05, 4.69) is 30.2 Å². The first kappa shape index (κ1) is 14.3. The predicted octanol–water partition coefficient (Wildman–Crippen LogP) is 3.38. The van der Waals surface area contributed by atoms with Crippen molar-refractivity contribution < 1.29 is 4.74 Å². The first-order valence-electron chi connectivity index (χ1n) is 7.51.